The zero-order chi connectivity index (χ0) is 16.0. The maximum Gasteiger partial charge on any atom is 0.200 e. The van der Waals surface area contributed by atoms with Gasteiger partial charge >= 0.3 is 0 Å². The standard InChI is InChI=1S/C17H38O2Si/c1-14(2)20(15(3)4,16(5)6)19-13-11-10-12-18-17(7,8)9/h14-16H,10-13H2,1-9H3. The summed E-state index contributed by atoms with van der Waals surface area (Å²) in [6.07, 6.45) is 2.20. The van der Waals surface area contributed by atoms with Gasteiger partial charge < -0.3 is 9.16 Å². The Morgan fingerprint density at radius 2 is 1.15 bits per heavy atom. The number of rotatable bonds is 9. The molecule has 122 valence electrons. The summed E-state index contributed by atoms with van der Waals surface area (Å²) in [6.45, 7) is 22.1. The highest BCUT2D eigenvalue weighted by Gasteiger charge is 2.44. The molecule has 0 aliphatic carbocycles. The van der Waals surface area contributed by atoms with E-state index in [4.69, 9.17) is 9.16 Å². The predicted molar refractivity (Wildman–Crippen MR) is 91.9 cm³/mol. The van der Waals surface area contributed by atoms with Crippen LogP contribution in [0.1, 0.15) is 75.2 Å². The van der Waals surface area contributed by atoms with Gasteiger partial charge in [0.25, 0.3) is 0 Å². The topological polar surface area (TPSA) is 18.5 Å². The van der Waals surface area contributed by atoms with E-state index in [0.29, 0.717) is 16.6 Å². The van der Waals surface area contributed by atoms with Crippen molar-refractivity contribution in [1.82, 2.24) is 0 Å². The molecule has 3 heteroatoms. The minimum atomic E-state index is -1.67. The SMILES string of the molecule is CC(C)[Si](OCCCCOC(C)(C)C)(C(C)C)C(C)C. The molecule has 0 saturated carbocycles. The minimum absolute atomic E-state index is 0.0207. The van der Waals surface area contributed by atoms with Gasteiger partial charge in [-0.3, -0.25) is 0 Å². The van der Waals surface area contributed by atoms with Crippen molar-refractivity contribution in [2.45, 2.75) is 97.4 Å². The van der Waals surface area contributed by atoms with Crippen LogP contribution in [0, 0.1) is 0 Å². The lowest BCUT2D eigenvalue weighted by molar-refractivity contribution is -0.00570. The summed E-state index contributed by atoms with van der Waals surface area (Å²) in [4.78, 5) is 0. The Bertz CT molecular complexity index is 232. The summed E-state index contributed by atoms with van der Waals surface area (Å²) in [6, 6.07) is 0. The molecule has 0 aliphatic heterocycles. The number of hydrogen-bond donors (Lipinski definition) is 0. The second-order valence-electron chi connectivity index (χ2n) is 7.83. The molecule has 0 aromatic carbocycles. The van der Waals surface area contributed by atoms with E-state index in [9.17, 15) is 0 Å². The van der Waals surface area contributed by atoms with Crippen LogP contribution in [-0.2, 0) is 9.16 Å². The fourth-order valence-corrected chi connectivity index (χ4v) is 8.83. The van der Waals surface area contributed by atoms with Crippen LogP contribution in [0.2, 0.25) is 16.6 Å². The Balaban J connectivity index is 4.23. The molecule has 0 aromatic rings. The molecule has 0 amide bonds. The van der Waals surface area contributed by atoms with Crippen LogP contribution in [0.15, 0.2) is 0 Å². The van der Waals surface area contributed by atoms with Crippen molar-refractivity contribution in [2.24, 2.45) is 0 Å². The third-order valence-corrected chi connectivity index (χ3v) is 10.3. The summed E-state index contributed by atoms with van der Waals surface area (Å²) >= 11 is 0. The third kappa shape index (κ3) is 6.27. The smallest absolute Gasteiger partial charge is 0.200 e. The van der Waals surface area contributed by atoms with Crippen molar-refractivity contribution >= 4 is 8.32 Å². The highest BCUT2D eigenvalue weighted by Crippen LogP contribution is 2.42. The molecule has 0 heterocycles. The van der Waals surface area contributed by atoms with Crippen molar-refractivity contribution in [1.29, 1.82) is 0 Å². The van der Waals surface area contributed by atoms with E-state index in [2.05, 4.69) is 62.3 Å². The molecule has 0 spiro atoms. The van der Waals surface area contributed by atoms with Crippen LogP contribution in [0.4, 0.5) is 0 Å². The Hall–Kier alpha value is 0.137. The summed E-state index contributed by atoms with van der Waals surface area (Å²) in [5.41, 5.74) is 2.00. The quantitative estimate of drug-likeness (QED) is 0.397. The van der Waals surface area contributed by atoms with Crippen LogP contribution in [0.5, 0.6) is 0 Å². The average molecular weight is 303 g/mol. The first-order valence-corrected chi connectivity index (χ1v) is 10.5. The molecule has 0 atom stereocenters. The Morgan fingerprint density at radius 1 is 0.750 bits per heavy atom. The van der Waals surface area contributed by atoms with Crippen molar-refractivity contribution in [3.63, 3.8) is 0 Å². The van der Waals surface area contributed by atoms with E-state index in [1.54, 1.807) is 0 Å². The van der Waals surface area contributed by atoms with Gasteiger partial charge in [0.15, 0.2) is 8.32 Å². The summed E-state index contributed by atoms with van der Waals surface area (Å²) in [5.74, 6) is 0. The summed E-state index contributed by atoms with van der Waals surface area (Å²) < 4.78 is 12.3. The van der Waals surface area contributed by atoms with Crippen LogP contribution in [0.3, 0.4) is 0 Å². The van der Waals surface area contributed by atoms with Crippen molar-refractivity contribution < 1.29 is 9.16 Å². The van der Waals surface area contributed by atoms with E-state index in [1.807, 2.05) is 0 Å². The molecule has 0 radical (unpaired) electrons. The average Bonchev–Trinajstić information content (AvgIpc) is 2.24. The fourth-order valence-electron chi connectivity index (χ4n) is 3.33. The highest BCUT2D eigenvalue weighted by atomic mass is 28.4. The second-order valence-corrected chi connectivity index (χ2v) is 13.3. The van der Waals surface area contributed by atoms with Gasteiger partial charge in [0.1, 0.15) is 0 Å². The molecule has 0 N–H and O–H groups in total. The lowest BCUT2D eigenvalue weighted by Gasteiger charge is -2.42. The first kappa shape index (κ1) is 20.1. The predicted octanol–water partition coefficient (Wildman–Crippen LogP) is 5.77. The first-order valence-electron chi connectivity index (χ1n) is 8.32. The van der Waals surface area contributed by atoms with E-state index < -0.39 is 8.32 Å². The van der Waals surface area contributed by atoms with Crippen molar-refractivity contribution in [3.8, 4) is 0 Å². The molecule has 0 unspecified atom stereocenters. The Morgan fingerprint density at radius 3 is 1.50 bits per heavy atom. The van der Waals surface area contributed by atoms with Gasteiger partial charge in [0.2, 0.25) is 0 Å². The van der Waals surface area contributed by atoms with Gasteiger partial charge in [-0.25, -0.2) is 0 Å². The van der Waals surface area contributed by atoms with Gasteiger partial charge in [0, 0.05) is 13.2 Å². The van der Waals surface area contributed by atoms with Gasteiger partial charge in [-0.15, -0.1) is 0 Å². The monoisotopic (exact) mass is 302 g/mol. The molecular formula is C17H38O2Si. The summed E-state index contributed by atoms with van der Waals surface area (Å²) in [7, 11) is -1.67. The summed E-state index contributed by atoms with van der Waals surface area (Å²) in [5, 5.41) is 0. The second kappa shape index (κ2) is 8.55. The van der Waals surface area contributed by atoms with Crippen molar-refractivity contribution in [3.05, 3.63) is 0 Å². The molecule has 0 bridgehead atoms. The van der Waals surface area contributed by atoms with E-state index in [1.165, 1.54) is 0 Å². The molecule has 0 rings (SSSR count). The van der Waals surface area contributed by atoms with Crippen LogP contribution < -0.4 is 0 Å². The molecule has 0 fully saturated rings. The van der Waals surface area contributed by atoms with Crippen LogP contribution >= 0.6 is 0 Å². The lowest BCUT2D eigenvalue weighted by Crippen LogP contribution is -2.48. The molecule has 0 aliphatic rings. The largest absolute Gasteiger partial charge is 0.416 e. The lowest BCUT2D eigenvalue weighted by atomic mass is 10.2. The van der Waals surface area contributed by atoms with Gasteiger partial charge in [-0.1, -0.05) is 41.5 Å². The molecule has 2 nitrogen and oxygen atoms in total. The van der Waals surface area contributed by atoms with Gasteiger partial charge in [-0.2, -0.15) is 0 Å². The first-order chi connectivity index (χ1) is 9.04. The van der Waals surface area contributed by atoms with Gasteiger partial charge in [0.05, 0.1) is 5.60 Å². The Labute approximate surface area is 128 Å². The molecule has 0 aromatic heterocycles. The van der Waals surface area contributed by atoms with Gasteiger partial charge in [-0.05, 0) is 50.2 Å². The fraction of sp³-hybridized carbons (Fsp3) is 1.00. The van der Waals surface area contributed by atoms with E-state index in [0.717, 1.165) is 26.1 Å². The number of unbranched alkanes of at least 4 members (excludes halogenated alkanes) is 1. The maximum atomic E-state index is 6.53. The normalized spacial score (nSPS) is 13.8. The maximum absolute atomic E-state index is 6.53. The van der Waals surface area contributed by atoms with Crippen LogP contribution in [-0.4, -0.2) is 27.1 Å². The minimum Gasteiger partial charge on any atom is -0.416 e. The molecule has 0 saturated heterocycles. The number of hydrogen-bond acceptors (Lipinski definition) is 2. The highest BCUT2D eigenvalue weighted by molar-refractivity contribution is 6.77. The van der Waals surface area contributed by atoms with E-state index in [-0.39, 0.29) is 5.60 Å². The van der Waals surface area contributed by atoms with Crippen LogP contribution in [0.25, 0.3) is 0 Å². The zero-order valence-corrected chi connectivity index (χ0v) is 16.4. The molecular weight excluding hydrogens is 264 g/mol. The van der Waals surface area contributed by atoms with E-state index >= 15 is 0 Å². The molecule has 20 heavy (non-hydrogen) atoms. The zero-order valence-electron chi connectivity index (χ0n) is 15.4. The Kier molecular flexibility index (Phi) is 8.61. The number of ether oxygens (including phenoxy) is 1. The third-order valence-electron chi connectivity index (χ3n) is 4.13. The van der Waals surface area contributed by atoms with Crippen molar-refractivity contribution in [2.75, 3.05) is 13.2 Å².